The minimum atomic E-state index is -0.471. The van der Waals surface area contributed by atoms with Crippen LogP contribution in [-0.4, -0.2) is 41.9 Å². The van der Waals surface area contributed by atoms with Crippen molar-refractivity contribution in [3.05, 3.63) is 23.3 Å². The summed E-state index contributed by atoms with van der Waals surface area (Å²) < 4.78 is 5.37. The zero-order valence-corrected chi connectivity index (χ0v) is 18.0. The van der Waals surface area contributed by atoms with E-state index in [1.54, 1.807) is 0 Å². The fraction of sp³-hybridized carbons (Fsp3) is 0.792. The molecule has 0 aromatic heterocycles. The van der Waals surface area contributed by atoms with Gasteiger partial charge in [-0.2, -0.15) is 0 Å². The molecule has 0 amide bonds. The number of hydrogen-bond acceptors (Lipinski definition) is 4. The molecule has 160 valence electrons. The molecule has 0 saturated heterocycles. The second-order valence-electron chi connectivity index (χ2n) is 9.09. The third-order valence-electron chi connectivity index (χ3n) is 6.39. The van der Waals surface area contributed by atoms with Gasteiger partial charge in [-0.3, -0.25) is 4.79 Å². The van der Waals surface area contributed by atoms with Crippen molar-refractivity contribution in [2.75, 3.05) is 19.8 Å². The van der Waals surface area contributed by atoms with Crippen LogP contribution >= 0.6 is 0 Å². The van der Waals surface area contributed by atoms with Gasteiger partial charge in [0, 0.05) is 12.3 Å². The van der Waals surface area contributed by atoms with Crippen LogP contribution in [0, 0.1) is 23.7 Å². The highest BCUT2D eigenvalue weighted by Gasteiger charge is 2.47. The maximum Gasteiger partial charge on any atom is 0.138 e. The van der Waals surface area contributed by atoms with Crippen molar-refractivity contribution in [2.45, 2.75) is 78.2 Å². The first-order valence-corrected chi connectivity index (χ1v) is 11.1. The molecular weight excluding hydrogens is 352 g/mol. The highest BCUT2D eigenvalue weighted by atomic mass is 16.5. The van der Waals surface area contributed by atoms with Gasteiger partial charge in [0.2, 0.25) is 0 Å². The fourth-order valence-corrected chi connectivity index (χ4v) is 4.90. The summed E-state index contributed by atoms with van der Waals surface area (Å²) in [6.45, 7) is 7.60. The average Bonchev–Trinajstić information content (AvgIpc) is 3.14. The van der Waals surface area contributed by atoms with Crippen LogP contribution in [0.15, 0.2) is 23.3 Å². The molecule has 0 aliphatic heterocycles. The SMILES string of the molecule is CC(C)=CCC[C@@H](C)CCCC(=O)[C@@H]1[C@@H]2CC(CCOCCO)=C[C@@H]2C[C@H]1O. The molecule has 0 unspecified atom stereocenters. The second kappa shape index (κ2) is 11.9. The lowest BCUT2D eigenvalue weighted by atomic mass is 9.84. The van der Waals surface area contributed by atoms with Crippen LogP contribution < -0.4 is 0 Å². The van der Waals surface area contributed by atoms with Gasteiger partial charge in [0.15, 0.2) is 0 Å². The van der Waals surface area contributed by atoms with Crippen molar-refractivity contribution >= 4 is 5.78 Å². The van der Waals surface area contributed by atoms with Gasteiger partial charge in [-0.05, 0) is 70.1 Å². The largest absolute Gasteiger partial charge is 0.394 e. The maximum absolute atomic E-state index is 12.8. The number of rotatable bonds is 13. The molecule has 0 bridgehead atoms. The van der Waals surface area contributed by atoms with E-state index >= 15 is 0 Å². The van der Waals surface area contributed by atoms with Crippen molar-refractivity contribution in [2.24, 2.45) is 23.7 Å². The molecule has 4 nitrogen and oxygen atoms in total. The molecule has 0 aromatic rings. The summed E-state index contributed by atoms with van der Waals surface area (Å²) in [5, 5.41) is 19.2. The summed E-state index contributed by atoms with van der Waals surface area (Å²) in [5.74, 6) is 1.36. The van der Waals surface area contributed by atoms with Gasteiger partial charge in [0.05, 0.1) is 25.9 Å². The van der Waals surface area contributed by atoms with E-state index < -0.39 is 6.10 Å². The second-order valence-corrected chi connectivity index (χ2v) is 9.09. The van der Waals surface area contributed by atoms with E-state index in [4.69, 9.17) is 9.84 Å². The van der Waals surface area contributed by atoms with Crippen molar-refractivity contribution in [3.8, 4) is 0 Å². The minimum absolute atomic E-state index is 0.0562. The van der Waals surface area contributed by atoms with Crippen LogP contribution in [0.3, 0.4) is 0 Å². The Bertz CT molecular complexity index is 547. The minimum Gasteiger partial charge on any atom is -0.394 e. The molecule has 2 aliphatic carbocycles. The molecule has 0 heterocycles. The van der Waals surface area contributed by atoms with Crippen molar-refractivity contribution in [3.63, 3.8) is 0 Å². The molecule has 1 saturated carbocycles. The van der Waals surface area contributed by atoms with Crippen LogP contribution in [0.5, 0.6) is 0 Å². The number of carbonyl (C=O) groups is 1. The number of aliphatic hydroxyl groups excluding tert-OH is 2. The Morgan fingerprint density at radius 2 is 2.11 bits per heavy atom. The van der Waals surface area contributed by atoms with E-state index in [9.17, 15) is 9.90 Å². The van der Waals surface area contributed by atoms with Gasteiger partial charge >= 0.3 is 0 Å². The van der Waals surface area contributed by atoms with E-state index in [-0.39, 0.29) is 24.2 Å². The third kappa shape index (κ3) is 7.13. The van der Waals surface area contributed by atoms with Gasteiger partial charge < -0.3 is 14.9 Å². The van der Waals surface area contributed by atoms with Gasteiger partial charge in [0.1, 0.15) is 5.78 Å². The fourth-order valence-electron chi connectivity index (χ4n) is 4.90. The first-order valence-electron chi connectivity index (χ1n) is 11.1. The predicted octanol–water partition coefficient (Wildman–Crippen LogP) is 4.45. The van der Waals surface area contributed by atoms with E-state index in [1.807, 2.05) is 0 Å². The number of carbonyl (C=O) groups excluding carboxylic acids is 1. The number of hydrogen-bond donors (Lipinski definition) is 2. The Hall–Kier alpha value is -0.970. The topological polar surface area (TPSA) is 66.8 Å². The van der Waals surface area contributed by atoms with Gasteiger partial charge in [0.25, 0.3) is 0 Å². The molecule has 0 aromatic carbocycles. The predicted molar refractivity (Wildman–Crippen MR) is 113 cm³/mol. The van der Waals surface area contributed by atoms with Gasteiger partial charge in [-0.15, -0.1) is 0 Å². The van der Waals surface area contributed by atoms with Crippen molar-refractivity contribution in [1.29, 1.82) is 0 Å². The quantitative estimate of drug-likeness (QED) is 0.359. The van der Waals surface area contributed by atoms with E-state index in [1.165, 1.54) is 17.6 Å². The lowest BCUT2D eigenvalue weighted by Gasteiger charge is -2.21. The summed E-state index contributed by atoms with van der Waals surface area (Å²) in [6.07, 6.45) is 11.5. The standard InChI is InChI=1S/C24H40O4/c1-17(2)6-4-7-18(3)8-5-9-22(26)24-21-15-19(10-12-28-13-11-25)14-20(21)16-23(24)27/h6,14,18,20-21,23-25,27H,4-5,7-13,15-16H2,1-3H3/t18-,20-,21-,23-,24+/m1/s1. The van der Waals surface area contributed by atoms with E-state index in [0.29, 0.717) is 31.5 Å². The summed E-state index contributed by atoms with van der Waals surface area (Å²) in [4.78, 5) is 12.8. The molecule has 1 fully saturated rings. The Balaban J connectivity index is 1.72. The molecule has 2 aliphatic rings. The number of ketones is 1. The number of allylic oxidation sites excluding steroid dienone is 3. The first-order chi connectivity index (χ1) is 13.4. The molecule has 0 radical (unpaired) electrons. The molecular formula is C24H40O4. The Labute approximate surface area is 171 Å². The Morgan fingerprint density at radius 1 is 1.32 bits per heavy atom. The number of ether oxygens (including phenoxy) is 1. The van der Waals surface area contributed by atoms with Crippen molar-refractivity contribution < 1.29 is 19.7 Å². The third-order valence-corrected chi connectivity index (χ3v) is 6.39. The van der Waals surface area contributed by atoms with Crippen LogP contribution in [0.25, 0.3) is 0 Å². The summed E-state index contributed by atoms with van der Waals surface area (Å²) >= 11 is 0. The monoisotopic (exact) mass is 392 g/mol. The molecule has 0 spiro atoms. The molecule has 2 N–H and O–H groups in total. The normalized spacial score (nSPS) is 27.4. The average molecular weight is 393 g/mol. The number of fused-ring (bicyclic) bond motifs is 1. The Kier molecular flexibility index (Phi) is 9.90. The summed E-state index contributed by atoms with van der Waals surface area (Å²) in [6, 6.07) is 0. The zero-order chi connectivity index (χ0) is 20.5. The molecule has 4 heteroatoms. The Morgan fingerprint density at radius 3 is 2.82 bits per heavy atom. The van der Waals surface area contributed by atoms with E-state index in [0.717, 1.165) is 38.5 Å². The lowest BCUT2D eigenvalue weighted by molar-refractivity contribution is -0.127. The van der Waals surface area contributed by atoms with Crippen molar-refractivity contribution in [1.82, 2.24) is 0 Å². The molecule has 28 heavy (non-hydrogen) atoms. The zero-order valence-electron chi connectivity index (χ0n) is 18.0. The van der Waals surface area contributed by atoms with Crippen LogP contribution in [-0.2, 0) is 9.53 Å². The van der Waals surface area contributed by atoms with Gasteiger partial charge in [-0.1, -0.05) is 36.6 Å². The number of aliphatic hydroxyl groups is 2. The maximum atomic E-state index is 12.8. The smallest absolute Gasteiger partial charge is 0.138 e. The van der Waals surface area contributed by atoms with E-state index in [2.05, 4.69) is 32.9 Å². The highest BCUT2D eigenvalue weighted by Crippen LogP contribution is 2.48. The highest BCUT2D eigenvalue weighted by molar-refractivity contribution is 5.82. The lowest BCUT2D eigenvalue weighted by Crippen LogP contribution is -2.28. The van der Waals surface area contributed by atoms with Crippen LogP contribution in [0.4, 0.5) is 0 Å². The number of Topliss-reactive ketones (excluding diaryl/α,β-unsaturated/α-hetero) is 1. The molecule has 5 atom stereocenters. The van der Waals surface area contributed by atoms with Crippen LogP contribution in [0.1, 0.15) is 72.1 Å². The van der Waals surface area contributed by atoms with Gasteiger partial charge in [-0.25, -0.2) is 0 Å². The summed E-state index contributed by atoms with van der Waals surface area (Å²) in [5.41, 5.74) is 2.72. The molecule has 2 rings (SSSR count). The van der Waals surface area contributed by atoms with Crippen LogP contribution in [0.2, 0.25) is 0 Å². The summed E-state index contributed by atoms with van der Waals surface area (Å²) in [7, 11) is 0. The first kappa shape index (κ1) is 23.3.